The van der Waals surface area contributed by atoms with Gasteiger partial charge in [0, 0.05) is 25.6 Å². The molecule has 0 unspecified atom stereocenters. The van der Waals surface area contributed by atoms with E-state index in [1.807, 2.05) is 18.2 Å². The summed E-state index contributed by atoms with van der Waals surface area (Å²) in [6.45, 7) is 2.65. The van der Waals surface area contributed by atoms with Crippen molar-refractivity contribution in [1.29, 1.82) is 5.26 Å². The fourth-order valence-electron chi connectivity index (χ4n) is 1.98. The summed E-state index contributed by atoms with van der Waals surface area (Å²) in [6, 6.07) is 5.89. The van der Waals surface area contributed by atoms with Crippen molar-refractivity contribution < 1.29 is 9.21 Å². The van der Waals surface area contributed by atoms with Gasteiger partial charge in [-0.2, -0.15) is 5.26 Å². The van der Waals surface area contributed by atoms with E-state index in [1.165, 1.54) is 17.4 Å². The van der Waals surface area contributed by atoms with Gasteiger partial charge in [0.2, 0.25) is 5.91 Å². The molecule has 4 nitrogen and oxygen atoms in total. The molecule has 0 saturated heterocycles. The van der Waals surface area contributed by atoms with Crippen molar-refractivity contribution in [1.82, 2.24) is 4.90 Å². The summed E-state index contributed by atoms with van der Waals surface area (Å²) in [4.78, 5) is 13.2. The monoisotopic (exact) mass is 258 g/mol. The average molecular weight is 258 g/mol. The molecule has 19 heavy (non-hydrogen) atoms. The second-order valence-electron chi connectivity index (χ2n) is 5.06. The standard InChI is InChI=1S/C15H18N2O2/c1-11-10-13(11)14-6-4-12(19-14)5-7-15(18)17(2)9-3-8-16/h4-7,11,13H,3,9-10H2,1-2H3/b7-5+/t11-,13+/m1/s1. The Morgan fingerprint density at radius 2 is 2.37 bits per heavy atom. The van der Waals surface area contributed by atoms with Crippen LogP contribution in [0.4, 0.5) is 0 Å². The van der Waals surface area contributed by atoms with Gasteiger partial charge in [-0.1, -0.05) is 6.92 Å². The van der Waals surface area contributed by atoms with Crippen molar-refractivity contribution in [3.8, 4) is 6.07 Å². The van der Waals surface area contributed by atoms with E-state index in [2.05, 4.69) is 6.92 Å². The zero-order valence-corrected chi connectivity index (χ0v) is 11.3. The predicted octanol–water partition coefficient (Wildman–Crippen LogP) is 2.79. The van der Waals surface area contributed by atoms with Crippen LogP contribution in [0, 0.1) is 17.2 Å². The predicted molar refractivity (Wildman–Crippen MR) is 72.1 cm³/mol. The maximum atomic E-state index is 11.7. The molecule has 1 saturated carbocycles. The highest BCUT2D eigenvalue weighted by atomic mass is 16.3. The fourth-order valence-corrected chi connectivity index (χ4v) is 1.98. The Balaban J connectivity index is 1.89. The molecule has 0 aromatic carbocycles. The third kappa shape index (κ3) is 3.47. The Labute approximate surface area is 113 Å². The highest BCUT2D eigenvalue weighted by Gasteiger charge is 2.36. The quantitative estimate of drug-likeness (QED) is 0.763. The van der Waals surface area contributed by atoms with Crippen molar-refractivity contribution in [2.75, 3.05) is 13.6 Å². The number of likely N-dealkylation sites (N-methyl/N-ethyl adjacent to an activating group) is 1. The minimum absolute atomic E-state index is 0.118. The molecule has 1 aliphatic carbocycles. The Morgan fingerprint density at radius 1 is 1.63 bits per heavy atom. The number of carbonyl (C=O) groups is 1. The Bertz CT molecular complexity index is 524. The van der Waals surface area contributed by atoms with Crippen LogP contribution in [-0.2, 0) is 4.79 Å². The molecular formula is C15H18N2O2. The van der Waals surface area contributed by atoms with Crippen LogP contribution in [0.1, 0.15) is 37.2 Å². The van der Waals surface area contributed by atoms with Crippen LogP contribution in [0.25, 0.3) is 6.08 Å². The zero-order chi connectivity index (χ0) is 13.8. The first kappa shape index (κ1) is 13.4. The van der Waals surface area contributed by atoms with Crippen molar-refractivity contribution in [3.05, 3.63) is 29.7 Å². The lowest BCUT2D eigenvalue weighted by Crippen LogP contribution is -2.25. The summed E-state index contributed by atoms with van der Waals surface area (Å²) in [7, 11) is 1.68. The van der Waals surface area contributed by atoms with E-state index < -0.39 is 0 Å². The fraction of sp³-hybridized carbons (Fsp3) is 0.467. The second kappa shape index (κ2) is 5.75. The Morgan fingerprint density at radius 3 is 3.00 bits per heavy atom. The minimum Gasteiger partial charge on any atom is -0.461 e. The second-order valence-corrected chi connectivity index (χ2v) is 5.06. The van der Waals surface area contributed by atoms with Crippen molar-refractivity contribution in [2.24, 2.45) is 5.92 Å². The van der Waals surface area contributed by atoms with Gasteiger partial charge in [0.05, 0.1) is 12.5 Å². The van der Waals surface area contributed by atoms with Gasteiger partial charge in [-0.05, 0) is 30.5 Å². The van der Waals surface area contributed by atoms with Crippen molar-refractivity contribution in [3.63, 3.8) is 0 Å². The van der Waals surface area contributed by atoms with Gasteiger partial charge >= 0.3 is 0 Å². The van der Waals surface area contributed by atoms with Crippen LogP contribution < -0.4 is 0 Å². The van der Waals surface area contributed by atoms with E-state index in [9.17, 15) is 4.79 Å². The molecule has 0 aliphatic heterocycles. The number of furan rings is 1. The number of hydrogen-bond acceptors (Lipinski definition) is 3. The van der Waals surface area contributed by atoms with E-state index in [0.29, 0.717) is 30.6 Å². The van der Waals surface area contributed by atoms with E-state index in [1.54, 1.807) is 13.1 Å². The third-order valence-corrected chi connectivity index (χ3v) is 3.45. The molecule has 0 N–H and O–H groups in total. The first-order valence-corrected chi connectivity index (χ1v) is 6.51. The molecule has 1 aliphatic rings. The lowest BCUT2D eigenvalue weighted by molar-refractivity contribution is -0.124. The van der Waals surface area contributed by atoms with Gasteiger partial charge in [-0.25, -0.2) is 0 Å². The average Bonchev–Trinajstić information content (AvgIpc) is 2.95. The first-order valence-electron chi connectivity index (χ1n) is 6.51. The third-order valence-electron chi connectivity index (χ3n) is 3.45. The molecule has 4 heteroatoms. The number of nitriles is 1. The molecule has 0 spiro atoms. The number of rotatable bonds is 5. The van der Waals surface area contributed by atoms with E-state index >= 15 is 0 Å². The lowest BCUT2D eigenvalue weighted by atomic mass is 10.3. The van der Waals surface area contributed by atoms with Gasteiger partial charge in [0.15, 0.2) is 0 Å². The van der Waals surface area contributed by atoms with Crippen LogP contribution in [0.3, 0.4) is 0 Å². The molecule has 1 heterocycles. The van der Waals surface area contributed by atoms with E-state index in [4.69, 9.17) is 9.68 Å². The van der Waals surface area contributed by atoms with Crippen LogP contribution >= 0.6 is 0 Å². The van der Waals surface area contributed by atoms with Gasteiger partial charge in [0.1, 0.15) is 11.5 Å². The van der Waals surface area contributed by atoms with E-state index in [-0.39, 0.29) is 5.91 Å². The summed E-state index contributed by atoms with van der Waals surface area (Å²) in [5.41, 5.74) is 0. The topological polar surface area (TPSA) is 57.2 Å². The summed E-state index contributed by atoms with van der Waals surface area (Å²) >= 11 is 0. The molecule has 1 aromatic rings. The lowest BCUT2D eigenvalue weighted by Gasteiger charge is -2.11. The van der Waals surface area contributed by atoms with Crippen LogP contribution in [-0.4, -0.2) is 24.4 Å². The number of amides is 1. The van der Waals surface area contributed by atoms with Crippen molar-refractivity contribution >= 4 is 12.0 Å². The van der Waals surface area contributed by atoms with Crippen LogP contribution in [0.2, 0.25) is 0 Å². The normalized spacial score (nSPS) is 21.3. The van der Waals surface area contributed by atoms with Gasteiger partial charge in [0.25, 0.3) is 0 Å². The molecule has 1 aromatic heterocycles. The summed E-state index contributed by atoms with van der Waals surface area (Å²) in [6.07, 6.45) is 4.70. The molecule has 1 amide bonds. The zero-order valence-electron chi connectivity index (χ0n) is 11.3. The van der Waals surface area contributed by atoms with Crippen LogP contribution in [0.5, 0.6) is 0 Å². The molecule has 0 radical (unpaired) electrons. The van der Waals surface area contributed by atoms with Crippen molar-refractivity contribution in [2.45, 2.75) is 25.7 Å². The minimum atomic E-state index is -0.118. The molecule has 2 rings (SSSR count). The molecule has 1 fully saturated rings. The molecule has 2 atom stereocenters. The summed E-state index contributed by atoms with van der Waals surface area (Å²) in [5.74, 6) is 2.86. The maximum absolute atomic E-state index is 11.7. The summed E-state index contributed by atoms with van der Waals surface area (Å²) < 4.78 is 5.68. The Hall–Kier alpha value is -2.02. The van der Waals surface area contributed by atoms with E-state index in [0.717, 1.165) is 5.76 Å². The molecular weight excluding hydrogens is 240 g/mol. The number of carbonyl (C=O) groups excluding carboxylic acids is 1. The first-order chi connectivity index (χ1) is 9.11. The number of nitrogens with zero attached hydrogens (tertiary/aromatic N) is 2. The number of hydrogen-bond donors (Lipinski definition) is 0. The highest BCUT2D eigenvalue weighted by Crippen LogP contribution is 2.47. The molecule has 0 bridgehead atoms. The Kier molecular flexibility index (Phi) is 4.06. The van der Waals surface area contributed by atoms with Gasteiger partial charge < -0.3 is 9.32 Å². The highest BCUT2D eigenvalue weighted by molar-refractivity contribution is 5.91. The maximum Gasteiger partial charge on any atom is 0.246 e. The smallest absolute Gasteiger partial charge is 0.246 e. The van der Waals surface area contributed by atoms with Crippen LogP contribution in [0.15, 0.2) is 22.6 Å². The molecule has 100 valence electrons. The SMILES string of the molecule is C[C@@H]1C[C@@H]1c1ccc(/C=C/C(=O)N(C)CCC#N)o1. The largest absolute Gasteiger partial charge is 0.461 e. The van der Waals surface area contributed by atoms with Gasteiger partial charge in [-0.15, -0.1) is 0 Å². The summed E-state index contributed by atoms with van der Waals surface area (Å²) in [5, 5.41) is 8.47. The van der Waals surface area contributed by atoms with Gasteiger partial charge in [-0.3, -0.25) is 4.79 Å².